The molecule has 1 unspecified atom stereocenters. The van der Waals surface area contributed by atoms with Crippen molar-refractivity contribution in [2.45, 2.75) is 24.8 Å². The number of aliphatic carboxylic acids is 1. The summed E-state index contributed by atoms with van der Waals surface area (Å²) in [6.45, 7) is 0.698. The molecular formula is C15H16ClFN2O3. The number of carboxylic acids is 1. The van der Waals surface area contributed by atoms with Gasteiger partial charge in [-0.2, -0.15) is 0 Å². The number of rotatable bonds is 3. The lowest BCUT2D eigenvalue weighted by atomic mass is 10.1. The summed E-state index contributed by atoms with van der Waals surface area (Å²) in [5.41, 5.74) is 0.817. The molecule has 1 aromatic carbocycles. The minimum absolute atomic E-state index is 0.0306. The number of carbonyl (C=O) groups excluding carboxylic acids is 1. The third kappa shape index (κ3) is 3.02. The molecule has 2 N–H and O–H groups in total. The summed E-state index contributed by atoms with van der Waals surface area (Å²) in [5.74, 6) is -1.71. The standard InChI is InChI=1S/C15H16ClFN2O3/c16-11-2-1-8(5-12(11)17)10-6-13(10)18-15(22)19-4-3-9(7-19)14(20)21/h1-2,5,9-10,13H,3-4,6-7H2,(H,18,22)(H,20,21)/t9?,10-,13+/m0/s1. The third-order valence-electron chi connectivity index (χ3n) is 4.30. The number of amides is 2. The zero-order chi connectivity index (χ0) is 15.9. The van der Waals surface area contributed by atoms with Crippen molar-refractivity contribution in [2.24, 2.45) is 5.92 Å². The van der Waals surface area contributed by atoms with Crippen LogP contribution in [0, 0.1) is 11.7 Å². The number of nitrogens with one attached hydrogen (secondary N) is 1. The Morgan fingerprint density at radius 2 is 2.18 bits per heavy atom. The molecule has 2 aliphatic rings. The number of benzene rings is 1. The van der Waals surface area contributed by atoms with Crippen LogP contribution in [0.1, 0.15) is 24.3 Å². The van der Waals surface area contributed by atoms with Gasteiger partial charge >= 0.3 is 12.0 Å². The number of carbonyl (C=O) groups is 2. The first-order chi connectivity index (χ1) is 10.5. The molecule has 2 amide bonds. The van der Waals surface area contributed by atoms with Crippen molar-refractivity contribution in [1.82, 2.24) is 10.2 Å². The van der Waals surface area contributed by atoms with Crippen LogP contribution >= 0.6 is 11.6 Å². The zero-order valence-corrected chi connectivity index (χ0v) is 12.5. The van der Waals surface area contributed by atoms with Gasteiger partial charge in [0.2, 0.25) is 0 Å². The lowest BCUT2D eigenvalue weighted by molar-refractivity contribution is -0.141. The maximum absolute atomic E-state index is 13.4. The summed E-state index contributed by atoms with van der Waals surface area (Å²) >= 11 is 5.65. The van der Waals surface area contributed by atoms with Gasteiger partial charge in [0.1, 0.15) is 5.82 Å². The molecule has 1 aliphatic heterocycles. The van der Waals surface area contributed by atoms with E-state index < -0.39 is 17.7 Å². The first kappa shape index (κ1) is 15.1. The van der Waals surface area contributed by atoms with Gasteiger partial charge in [0, 0.05) is 25.0 Å². The Balaban J connectivity index is 1.54. The summed E-state index contributed by atoms with van der Waals surface area (Å²) < 4.78 is 13.4. The van der Waals surface area contributed by atoms with E-state index in [-0.39, 0.29) is 29.6 Å². The topological polar surface area (TPSA) is 69.6 Å². The second-order valence-corrected chi connectivity index (χ2v) is 6.25. The van der Waals surface area contributed by atoms with E-state index in [1.807, 2.05) is 0 Å². The van der Waals surface area contributed by atoms with E-state index in [2.05, 4.69) is 5.32 Å². The van der Waals surface area contributed by atoms with E-state index in [1.54, 1.807) is 6.07 Å². The van der Waals surface area contributed by atoms with Crippen LogP contribution in [0.2, 0.25) is 5.02 Å². The van der Waals surface area contributed by atoms with Crippen molar-refractivity contribution in [3.63, 3.8) is 0 Å². The summed E-state index contributed by atoms with van der Waals surface area (Å²) in [5, 5.41) is 11.9. The molecule has 1 heterocycles. The van der Waals surface area contributed by atoms with E-state index >= 15 is 0 Å². The molecule has 1 aromatic rings. The highest BCUT2D eigenvalue weighted by Crippen LogP contribution is 2.41. The van der Waals surface area contributed by atoms with E-state index in [1.165, 1.54) is 17.0 Å². The molecule has 1 aliphatic carbocycles. The molecule has 3 atom stereocenters. The van der Waals surface area contributed by atoms with Crippen molar-refractivity contribution in [3.8, 4) is 0 Å². The van der Waals surface area contributed by atoms with E-state index in [9.17, 15) is 14.0 Å². The minimum Gasteiger partial charge on any atom is -0.481 e. The van der Waals surface area contributed by atoms with Gasteiger partial charge in [-0.1, -0.05) is 17.7 Å². The molecule has 0 bridgehead atoms. The minimum atomic E-state index is -0.865. The molecule has 0 spiro atoms. The summed E-state index contributed by atoms with van der Waals surface area (Å²) in [6.07, 6.45) is 1.24. The van der Waals surface area contributed by atoms with Crippen LogP contribution in [-0.4, -0.2) is 41.1 Å². The van der Waals surface area contributed by atoms with E-state index in [4.69, 9.17) is 16.7 Å². The number of carboxylic acid groups (broad SMARTS) is 1. The monoisotopic (exact) mass is 326 g/mol. The van der Waals surface area contributed by atoms with Crippen LogP contribution in [0.15, 0.2) is 18.2 Å². The van der Waals surface area contributed by atoms with Crippen LogP contribution in [0.5, 0.6) is 0 Å². The molecule has 7 heteroatoms. The summed E-state index contributed by atoms with van der Waals surface area (Å²) in [4.78, 5) is 24.5. The largest absolute Gasteiger partial charge is 0.481 e. The van der Waals surface area contributed by atoms with E-state index in [0.717, 1.165) is 12.0 Å². The lowest BCUT2D eigenvalue weighted by Gasteiger charge is -2.16. The highest BCUT2D eigenvalue weighted by atomic mass is 35.5. The van der Waals surface area contributed by atoms with E-state index in [0.29, 0.717) is 13.0 Å². The van der Waals surface area contributed by atoms with Gasteiger partial charge < -0.3 is 15.3 Å². The second kappa shape index (κ2) is 5.76. The molecule has 2 fully saturated rings. The molecule has 0 aromatic heterocycles. The highest BCUT2D eigenvalue weighted by molar-refractivity contribution is 6.30. The average Bonchev–Trinajstić information content (AvgIpc) is 3.04. The Bertz CT molecular complexity index is 625. The quantitative estimate of drug-likeness (QED) is 0.896. The third-order valence-corrected chi connectivity index (χ3v) is 4.60. The van der Waals surface area contributed by atoms with Crippen LogP contribution in [0.3, 0.4) is 0 Å². The molecule has 0 radical (unpaired) electrons. The van der Waals surface area contributed by atoms with Gasteiger partial charge in [-0.15, -0.1) is 0 Å². The Kier molecular flexibility index (Phi) is 3.95. The molecule has 1 saturated carbocycles. The normalized spacial score (nSPS) is 26.8. The van der Waals surface area contributed by atoms with Crippen LogP contribution in [-0.2, 0) is 4.79 Å². The molecule has 22 heavy (non-hydrogen) atoms. The number of hydrogen-bond acceptors (Lipinski definition) is 2. The molecule has 1 saturated heterocycles. The van der Waals surface area contributed by atoms with Gasteiger partial charge in [-0.3, -0.25) is 4.79 Å². The maximum atomic E-state index is 13.4. The number of likely N-dealkylation sites (tertiary alicyclic amines) is 1. The van der Waals surface area contributed by atoms with Crippen molar-refractivity contribution >= 4 is 23.6 Å². The fourth-order valence-electron chi connectivity index (χ4n) is 2.86. The molecular weight excluding hydrogens is 311 g/mol. The number of nitrogens with zero attached hydrogens (tertiary/aromatic N) is 1. The summed E-state index contributed by atoms with van der Waals surface area (Å²) in [6, 6.07) is 4.40. The first-order valence-corrected chi connectivity index (χ1v) is 7.56. The Morgan fingerprint density at radius 3 is 2.82 bits per heavy atom. The Morgan fingerprint density at radius 1 is 1.41 bits per heavy atom. The molecule has 5 nitrogen and oxygen atoms in total. The van der Waals surface area contributed by atoms with Crippen molar-refractivity contribution < 1.29 is 19.1 Å². The predicted molar refractivity (Wildman–Crippen MR) is 78.4 cm³/mol. The number of urea groups is 1. The molecule has 3 rings (SSSR count). The van der Waals surface area contributed by atoms with Gasteiger partial charge in [-0.25, -0.2) is 9.18 Å². The SMILES string of the molecule is O=C(O)C1CCN(C(=O)N[C@@H]2C[C@H]2c2ccc(Cl)c(F)c2)C1. The van der Waals surface area contributed by atoms with Gasteiger partial charge in [0.05, 0.1) is 10.9 Å². The first-order valence-electron chi connectivity index (χ1n) is 7.19. The van der Waals surface area contributed by atoms with Crippen molar-refractivity contribution in [2.75, 3.05) is 13.1 Å². The second-order valence-electron chi connectivity index (χ2n) is 5.84. The van der Waals surface area contributed by atoms with Crippen molar-refractivity contribution in [1.29, 1.82) is 0 Å². The Hall–Kier alpha value is -1.82. The fraction of sp³-hybridized carbons (Fsp3) is 0.467. The van der Waals surface area contributed by atoms with Crippen molar-refractivity contribution in [3.05, 3.63) is 34.6 Å². The predicted octanol–water partition coefficient (Wildman–Crippen LogP) is 2.45. The average molecular weight is 327 g/mol. The molecule has 118 valence electrons. The Labute approximate surface area is 132 Å². The number of halogens is 2. The van der Waals surface area contributed by atoms with Crippen LogP contribution < -0.4 is 5.32 Å². The fourth-order valence-corrected chi connectivity index (χ4v) is 2.98. The maximum Gasteiger partial charge on any atom is 0.317 e. The van der Waals surface area contributed by atoms with Crippen LogP contribution in [0.4, 0.5) is 9.18 Å². The number of hydrogen-bond donors (Lipinski definition) is 2. The van der Waals surface area contributed by atoms with Gasteiger partial charge in [0.25, 0.3) is 0 Å². The van der Waals surface area contributed by atoms with Crippen LogP contribution in [0.25, 0.3) is 0 Å². The summed E-state index contributed by atoms with van der Waals surface area (Å²) in [7, 11) is 0. The van der Waals surface area contributed by atoms with Gasteiger partial charge in [-0.05, 0) is 30.5 Å². The lowest BCUT2D eigenvalue weighted by Crippen LogP contribution is -2.40. The smallest absolute Gasteiger partial charge is 0.317 e. The highest BCUT2D eigenvalue weighted by Gasteiger charge is 2.41. The zero-order valence-electron chi connectivity index (χ0n) is 11.8. The van der Waals surface area contributed by atoms with Gasteiger partial charge in [0.15, 0.2) is 0 Å².